The number of phenolic OH excluding ortho intramolecular Hbond substituents is 1. The highest BCUT2D eigenvalue weighted by molar-refractivity contribution is 5.97. The van der Waals surface area contributed by atoms with Gasteiger partial charge in [-0.1, -0.05) is 30.3 Å². The molecule has 0 bridgehead atoms. The maximum atomic E-state index is 11.8. The molecule has 1 aromatic heterocycles. The summed E-state index contributed by atoms with van der Waals surface area (Å²) in [7, 11) is 0. The Kier molecular flexibility index (Phi) is 3.78. The average molecular weight is 296 g/mol. The third kappa shape index (κ3) is 2.65. The second-order valence-electron chi connectivity index (χ2n) is 4.94. The van der Waals surface area contributed by atoms with E-state index in [1.807, 2.05) is 30.3 Å². The Hall–Kier alpha value is -2.82. The van der Waals surface area contributed by atoms with Gasteiger partial charge in [0, 0.05) is 5.39 Å². The number of aromatic hydroxyl groups is 1. The van der Waals surface area contributed by atoms with E-state index in [1.165, 1.54) is 6.07 Å². The minimum Gasteiger partial charge on any atom is -0.506 e. The molecule has 0 spiro atoms. The molecule has 3 rings (SSSR count). The van der Waals surface area contributed by atoms with Gasteiger partial charge in [0.25, 0.3) is 0 Å². The second-order valence-corrected chi connectivity index (χ2v) is 4.94. The Labute approximate surface area is 127 Å². The largest absolute Gasteiger partial charge is 0.506 e. The minimum atomic E-state index is -0.449. The molecule has 22 heavy (non-hydrogen) atoms. The molecule has 0 aliphatic heterocycles. The van der Waals surface area contributed by atoms with Crippen LogP contribution < -0.4 is 0 Å². The van der Waals surface area contributed by atoms with Crippen molar-refractivity contribution in [3.8, 4) is 5.75 Å². The van der Waals surface area contributed by atoms with Crippen molar-refractivity contribution >= 4 is 16.9 Å². The Balaban J connectivity index is 1.99. The number of rotatable bonds is 4. The van der Waals surface area contributed by atoms with Gasteiger partial charge in [-0.2, -0.15) is 5.10 Å². The number of esters is 1. The topological polar surface area (TPSA) is 64.3 Å². The molecule has 0 amide bonds. The number of hydrogen-bond donors (Lipinski definition) is 1. The van der Waals surface area contributed by atoms with Crippen LogP contribution in [-0.4, -0.2) is 27.5 Å². The highest BCUT2D eigenvalue weighted by Crippen LogP contribution is 2.27. The van der Waals surface area contributed by atoms with Gasteiger partial charge in [-0.15, -0.1) is 0 Å². The number of hydrogen-bond acceptors (Lipinski definition) is 4. The third-order valence-electron chi connectivity index (χ3n) is 3.40. The summed E-state index contributed by atoms with van der Waals surface area (Å²) in [5, 5.41) is 15.3. The molecule has 3 aromatic rings. The Bertz CT molecular complexity index is 809. The summed E-state index contributed by atoms with van der Waals surface area (Å²) in [6.45, 7) is 2.59. The van der Waals surface area contributed by atoms with E-state index in [0.717, 1.165) is 5.56 Å². The van der Waals surface area contributed by atoms with Gasteiger partial charge in [0.1, 0.15) is 11.3 Å². The molecular formula is C17H16N2O3. The van der Waals surface area contributed by atoms with Crippen LogP contribution in [0.2, 0.25) is 0 Å². The van der Waals surface area contributed by atoms with Crippen LogP contribution in [-0.2, 0) is 11.3 Å². The fourth-order valence-electron chi connectivity index (χ4n) is 2.42. The minimum absolute atomic E-state index is 0.0222. The average Bonchev–Trinajstić information content (AvgIpc) is 2.92. The van der Waals surface area contributed by atoms with E-state index < -0.39 is 5.97 Å². The molecule has 0 saturated heterocycles. The van der Waals surface area contributed by atoms with Crippen molar-refractivity contribution < 1.29 is 14.6 Å². The van der Waals surface area contributed by atoms with Crippen LogP contribution in [0.15, 0.2) is 48.7 Å². The van der Waals surface area contributed by atoms with Gasteiger partial charge in [-0.25, -0.2) is 4.79 Å². The summed E-state index contributed by atoms with van der Waals surface area (Å²) in [4.78, 5) is 11.8. The van der Waals surface area contributed by atoms with E-state index in [0.29, 0.717) is 29.6 Å². The zero-order chi connectivity index (χ0) is 15.5. The number of phenols is 1. The number of nitrogens with zero attached hydrogens (tertiary/aromatic N) is 2. The zero-order valence-electron chi connectivity index (χ0n) is 12.2. The van der Waals surface area contributed by atoms with E-state index in [-0.39, 0.29) is 5.75 Å². The second kappa shape index (κ2) is 5.89. The van der Waals surface area contributed by atoms with Gasteiger partial charge in [-0.3, -0.25) is 4.68 Å². The first kappa shape index (κ1) is 14.1. The molecule has 0 saturated carbocycles. The van der Waals surface area contributed by atoms with Crippen LogP contribution >= 0.6 is 0 Å². The summed E-state index contributed by atoms with van der Waals surface area (Å²) in [5.74, 6) is -0.426. The normalized spacial score (nSPS) is 10.8. The molecule has 1 N–H and O–H groups in total. The fourth-order valence-corrected chi connectivity index (χ4v) is 2.42. The predicted octanol–water partition coefficient (Wildman–Crippen LogP) is 2.97. The van der Waals surface area contributed by atoms with Gasteiger partial charge in [-0.05, 0) is 24.6 Å². The first-order valence-corrected chi connectivity index (χ1v) is 7.08. The van der Waals surface area contributed by atoms with Crippen molar-refractivity contribution in [3.63, 3.8) is 0 Å². The van der Waals surface area contributed by atoms with Crippen LogP contribution in [0.4, 0.5) is 0 Å². The standard InChI is InChI=1S/C17H16N2O3/c1-2-22-17(21)13-8-14-10-18-19(16(14)15(20)9-13)11-12-6-4-3-5-7-12/h3-10,20H,2,11H2,1H3. The number of carbonyl (C=O) groups is 1. The van der Waals surface area contributed by atoms with E-state index in [1.54, 1.807) is 23.9 Å². The molecule has 1 heterocycles. The van der Waals surface area contributed by atoms with Crippen molar-refractivity contribution in [2.45, 2.75) is 13.5 Å². The summed E-state index contributed by atoms with van der Waals surface area (Å²) in [6, 6.07) is 13.0. The van der Waals surface area contributed by atoms with Crippen molar-refractivity contribution in [1.82, 2.24) is 9.78 Å². The molecular weight excluding hydrogens is 280 g/mol. The van der Waals surface area contributed by atoms with E-state index in [4.69, 9.17) is 4.74 Å². The first-order valence-electron chi connectivity index (χ1n) is 7.08. The van der Waals surface area contributed by atoms with Crippen LogP contribution in [0.25, 0.3) is 10.9 Å². The number of carbonyl (C=O) groups excluding carboxylic acids is 1. The number of benzene rings is 2. The number of aromatic nitrogens is 2. The summed E-state index contributed by atoms with van der Waals surface area (Å²) in [6.07, 6.45) is 1.64. The SMILES string of the molecule is CCOC(=O)c1cc(O)c2c(cnn2Cc2ccccc2)c1. The summed E-state index contributed by atoms with van der Waals surface area (Å²) < 4.78 is 6.67. The van der Waals surface area contributed by atoms with Gasteiger partial charge >= 0.3 is 5.97 Å². The summed E-state index contributed by atoms with van der Waals surface area (Å²) in [5.41, 5.74) is 2.02. The maximum Gasteiger partial charge on any atom is 0.338 e. The molecule has 0 fully saturated rings. The van der Waals surface area contributed by atoms with Gasteiger partial charge in [0.15, 0.2) is 0 Å². The van der Waals surface area contributed by atoms with Crippen LogP contribution in [0.5, 0.6) is 5.75 Å². The molecule has 0 aliphatic rings. The summed E-state index contributed by atoms with van der Waals surface area (Å²) >= 11 is 0. The monoisotopic (exact) mass is 296 g/mol. The van der Waals surface area contributed by atoms with E-state index in [9.17, 15) is 9.90 Å². The van der Waals surface area contributed by atoms with Crippen LogP contribution in [0, 0.1) is 0 Å². The van der Waals surface area contributed by atoms with E-state index in [2.05, 4.69) is 5.10 Å². The molecule has 0 atom stereocenters. The van der Waals surface area contributed by atoms with Crippen LogP contribution in [0.1, 0.15) is 22.8 Å². The molecule has 5 heteroatoms. The van der Waals surface area contributed by atoms with Crippen molar-refractivity contribution in [3.05, 3.63) is 59.8 Å². The molecule has 2 aromatic carbocycles. The van der Waals surface area contributed by atoms with Crippen molar-refractivity contribution in [1.29, 1.82) is 0 Å². The zero-order valence-corrected chi connectivity index (χ0v) is 12.2. The van der Waals surface area contributed by atoms with E-state index >= 15 is 0 Å². The maximum absolute atomic E-state index is 11.8. The van der Waals surface area contributed by atoms with Gasteiger partial charge < -0.3 is 9.84 Å². The lowest BCUT2D eigenvalue weighted by atomic mass is 10.1. The smallest absolute Gasteiger partial charge is 0.338 e. The highest BCUT2D eigenvalue weighted by Gasteiger charge is 2.14. The van der Waals surface area contributed by atoms with Crippen molar-refractivity contribution in [2.24, 2.45) is 0 Å². The number of ether oxygens (including phenoxy) is 1. The Morgan fingerprint density at radius 1 is 1.27 bits per heavy atom. The quantitative estimate of drug-likeness (QED) is 0.752. The lowest BCUT2D eigenvalue weighted by Crippen LogP contribution is -2.05. The third-order valence-corrected chi connectivity index (χ3v) is 3.40. The molecule has 5 nitrogen and oxygen atoms in total. The molecule has 112 valence electrons. The number of fused-ring (bicyclic) bond motifs is 1. The fraction of sp³-hybridized carbons (Fsp3) is 0.176. The van der Waals surface area contributed by atoms with Crippen molar-refractivity contribution in [2.75, 3.05) is 6.61 Å². The van der Waals surface area contributed by atoms with Crippen LogP contribution in [0.3, 0.4) is 0 Å². The molecule has 0 radical (unpaired) electrons. The Morgan fingerprint density at radius 3 is 2.77 bits per heavy atom. The lowest BCUT2D eigenvalue weighted by molar-refractivity contribution is 0.0526. The molecule has 0 aliphatic carbocycles. The Morgan fingerprint density at radius 2 is 2.05 bits per heavy atom. The predicted molar refractivity (Wildman–Crippen MR) is 82.9 cm³/mol. The van der Waals surface area contributed by atoms with Gasteiger partial charge in [0.05, 0.1) is 24.9 Å². The lowest BCUT2D eigenvalue weighted by Gasteiger charge is -2.07. The highest BCUT2D eigenvalue weighted by atomic mass is 16.5. The first-order chi connectivity index (χ1) is 10.7. The molecule has 0 unspecified atom stereocenters. The van der Waals surface area contributed by atoms with Gasteiger partial charge in [0.2, 0.25) is 0 Å².